The number of hydrogen-bond acceptors (Lipinski definition) is 3. The van der Waals surface area contributed by atoms with Gasteiger partial charge in [-0.3, -0.25) is 9.59 Å². The largest absolute Gasteiger partial charge is 0.365 e. The Morgan fingerprint density at radius 2 is 1.86 bits per heavy atom. The van der Waals surface area contributed by atoms with E-state index in [0.717, 1.165) is 56.1 Å². The Kier molecular flexibility index (Phi) is 5.04. The van der Waals surface area contributed by atoms with Crippen LogP contribution in [0.5, 0.6) is 0 Å². The monoisotopic (exact) mass is 396 g/mol. The second-order valence-corrected chi connectivity index (χ2v) is 9.63. The van der Waals surface area contributed by atoms with Gasteiger partial charge in [-0.25, -0.2) is 0 Å². The lowest BCUT2D eigenvalue weighted by Gasteiger charge is -2.28. The molecule has 148 valence electrons. The molecule has 0 aliphatic heterocycles. The van der Waals surface area contributed by atoms with E-state index in [9.17, 15) is 9.59 Å². The molecule has 4 rings (SSSR count). The van der Waals surface area contributed by atoms with E-state index in [0.29, 0.717) is 16.5 Å². The Labute approximate surface area is 170 Å². The fourth-order valence-corrected chi connectivity index (χ4v) is 6.23. The molecule has 0 unspecified atom stereocenters. The maximum atomic E-state index is 13.5. The normalized spacial score (nSPS) is 20.6. The van der Waals surface area contributed by atoms with Gasteiger partial charge in [0.15, 0.2) is 0 Å². The van der Waals surface area contributed by atoms with Crippen molar-refractivity contribution in [2.24, 2.45) is 11.7 Å². The summed E-state index contributed by atoms with van der Waals surface area (Å²) in [5.74, 6) is 0.172. The second kappa shape index (κ2) is 7.36. The summed E-state index contributed by atoms with van der Waals surface area (Å²) in [6.45, 7) is 4.29. The van der Waals surface area contributed by atoms with Gasteiger partial charge in [0.05, 0.1) is 11.0 Å². The van der Waals surface area contributed by atoms with Gasteiger partial charge in [0.2, 0.25) is 5.91 Å². The van der Waals surface area contributed by atoms with Gasteiger partial charge < -0.3 is 11.1 Å². The van der Waals surface area contributed by atoms with Gasteiger partial charge in [0, 0.05) is 4.88 Å². The summed E-state index contributed by atoms with van der Waals surface area (Å²) in [4.78, 5) is 26.9. The number of aryl methyl sites for hydroxylation is 1. The molecule has 0 radical (unpaired) electrons. The molecular weight excluding hydrogens is 368 g/mol. The molecule has 3 N–H and O–H groups in total. The maximum Gasteiger partial charge on any atom is 0.251 e. The summed E-state index contributed by atoms with van der Waals surface area (Å²) in [6.07, 6.45) is 6.66. The van der Waals surface area contributed by atoms with Gasteiger partial charge in [0.25, 0.3) is 5.91 Å². The third-order valence-electron chi connectivity index (χ3n) is 6.48. The van der Waals surface area contributed by atoms with E-state index < -0.39 is 11.3 Å². The molecule has 0 bridgehead atoms. The summed E-state index contributed by atoms with van der Waals surface area (Å²) >= 11 is 1.54. The molecule has 2 aliphatic carbocycles. The van der Waals surface area contributed by atoms with E-state index in [-0.39, 0.29) is 5.91 Å². The molecule has 1 aromatic carbocycles. The molecule has 1 saturated carbocycles. The Morgan fingerprint density at radius 1 is 1.18 bits per heavy atom. The number of anilines is 1. The highest BCUT2D eigenvalue weighted by Crippen LogP contribution is 2.44. The number of benzene rings is 1. The van der Waals surface area contributed by atoms with Crippen LogP contribution in [0.25, 0.3) is 0 Å². The van der Waals surface area contributed by atoms with Crippen molar-refractivity contribution in [1.29, 1.82) is 0 Å². The second-order valence-electron chi connectivity index (χ2n) is 8.53. The van der Waals surface area contributed by atoms with Crippen LogP contribution < -0.4 is 11.1 Å². The van der Waals surface area contributed by atoms with Crippen molar-refractivity contribution in [3.63, 3.8) is 0 Å². The lowest BCUT2D eigenvalue weighted by atomic mass is 9.77. The van der Waals surface area contributed by atoms with Crippen LogP contribution in [-0.4, -0.2) is 11.8 Å². The summed E-state index contributed by atoms with van der Waals surface area (Å²) in [5, 5.41) is 3.79. The quantitative estimate of drug-likeness (QED) is 0.784. The van der Waals surface area contributed by atoms with Crippen molar-refractivity contribution in [2.75, 3.05) is 5.32 Å². The average molecular weight is 397 g/mol. The van der Waals surface area contributed by atoms with Crippen molar-refractivity contribution in [3.05, 3.63) is 51.4 Å². The zero-order valence-corrected chi connectivity index (χ0v) is 17.5. The van der Waals surface area contributed by atoms with E-state index >= 15 is 0 Å². The highest BCUT2D eigenvalue weighted by atomic mass is 32.1. The van der Waals surface area contributed by atoms with Crippen molar-refractivity contribution in [1.82, 2.24) is 0 Å². The molecule has 1 atom stereocenters. The summed E-state index contributed by atoms with van der Waals surface area (Å²) in [6, 6.07) is 8.30. The van der Waals surface area contributed by atoms with Crippen LogP contribution >= 0.6 is 11.3 Å². The third kappa shape index (κ3) is 3.26. The van der Waals surface area contributed by atoms with E-state index in [1.807, 2.05) is 0 Å². The molecule has 2 amide bonds. The van der Waals surface area contributed by atoms with Crippen LogP contribution in [0.4, 0.5) is 5.00 Å². The molecule has 4 nitrogen and oxygen atoms in total. The van der Waals surface area contributed by atoms with Crippen LogP contribution in [0, 0.1) is 12.8 Å². The van der Waals surface area contributed by atoms with Gasteiger partial charge in [0.1, 0.15) is 5.00 Å². The SMILES string of the molecule is Cc1ccc(C2(C(=O)Nc3sc4c(c3C(N)=O)CC[C@@H](C)C4)CCCC2)cc1. The van der Waals surface area contributed by atoms with Crippen LogP contribution in [0.2, 0.25) is 0 Å². The molecule has 28 heavy (non-hydrogen) atoms. The molecule has 1 heterocycles. The predicted octanol–water partition coefficient (Wildman–Crippen LogP) is 4.73. The number of hydrogen-bond donors (Lipinski definition) is 2. The molecule has 5 heteroatoms. The summed E-state index contributed by atoms with van der Waals surface area (Å²) in [5.41, 5.74) is 9.07. The lowest BCUT2D eigenvalue weighted by Crippen LogP contribution is -2.38. The van der Waals surface area contributed by atoms with Crippen LogP contribution in [0.15, 0.2) is 24.3 Å². The third-order valence-corrected chi connectivity index (χ3v) is 7.65. The van der Waals surface area contributed by atoms with Crippen LogP contribution in [-0.2, 0) is 23.1 Å². The minimum absolute atomic E-state index is 0.00278. The zero-order chi connectivity index (χ0) is 19.9. The number of carbonyl (C=O) groups excluding carboxylic acids is 2. The Bertz CT molecular complexity index is 907. The first kappa shape index (κ1) is 19.2. The smallest absolute Gasteiger partial charge is 0.251 e. The Balaban J connectivity index is 1.69. The average Bonchev–Trinajstić information content (AvgIpc) is 3.27. The topological polar surface area (TPSA) is 72.2 Å². The predicted molar refractivity (Wildman–Crippen MR) is 114 cm³/mol. The number of primary amides is 1. The van der Waals surface area contributed by atoms with Crippen LogP contribution in [0.3, 0.4) is 0 Å². The van der Waals surface area contributed by atoms with Crippen LogP contribution in [0.1, 0.15) is 71.0 Å². The highest BCUT2D eigenvalue weighted by Gasteiger charge is 2.43. The maximum absolute atomic E-state index is 13.5. The lowest BCUT2D eigenvalue weighted by molar-refractivity contribution is -0.121. The highest BCUT2D eigenvalue weighted by molar-refractivity contribution is 7.17. The number of thiophene rings is 1. The minimum atomic E-state index is -0.513. The minimum Gasteiger partial charge on any atom is -0.365 e. The van der Waals surface area contributed by atoms with Gasteiger partial charge in [-0.2, -0.15) is 0 Å². The number of fused-ring (bicyclic) bond motifs is 1. The number of amides is 2. The van der Waals surface area contributed by atoms with E-state index in [2.05, 4.69) is 43.4 Å². The summed E-state index contributed by atoms with van der Waals surface area (Å²) in [7, 11) is 0. The van der Waals surface area contributed by atoms with Crippen molar-refractivity contribution < 1.29 is 9.59 Å². The fraction of sp³-hybridized carbons (Fsp3) is 0.478. The number of nitrogens with two attached hydrogens (primary N) is 1. The molecule has 1 aromatic heterocycles. The van der Waals surface area contributed by atoms with Gasteiger partial charge in [-0.05, 0) is 56.1 Å². The molecule has 2 aromatic rings. The first-order valence-electron chi connectivity index (χ1n) is 10.2. The van der Waals surface area contributed by atoms with Crippen molar-refractivity contribution in [2.45, 2.75) is 64.2 Å². The standard InChI is InChI=1S/C23H28N2O2S/c1-14-5-8-16(9-6-14)23(11-3-4-12-23)22(27)25-21-19(20(24)26)17-10-7-15(2)13-18(17)28-21/h5-6,8-9,15H,3-4,7,10-13H2,1-2H3,(H2,24,26)(H,25,27)/t15-/m1/s1. The first-order chi connectivity index (χ1) is 13.4. The van der Waals surface area contributed by atoms with Crippen molar-refractivity contribution >= 4 is 28.2 Å². The molecule has 0 saturated heterocycles. The van der Waals surface area contributed by atoms with Gasteiger partial charge >= 0.3 is 0 Å². The molecule has 0 spiro atoms. The fourth-order valence-electron chi connectivity index (χ4n) is 4.82. The van der Waals surface area contributed by atoms with Gasteiger partial charge in [-0.15, -0.1) is 11.3 Å². The number of rotatable bonds is 4. The van der Waals surface area contributed by atoms with E-state index in [1.165, 1.54) is 10.4 Å². The molecule has 1 fully saturated rings. The van der Waals surface area contributed by atoms with E-state index in [4.69, 9.17) is 5.73 Å². The summed E-state index contributed by atoms with van der Waals surface area (Å²) < 4.78 is 0. The first-order valence-corrected chi connectivity index (χ1v) is 11.1. The number of carbonyl (C=O) groups is 2. The molecule has 2 aliphatic rings. The Morgan fingerprint density at radius 3 is 2.50 bits per heavy atom. The van der Waals surface area contributed by atoms with Gasteiger partial charge in [-0.1, -0.05) is 49.6 Å². The zero-order valence-electron chi connectivity index (χ0n) is 16.6. The Hall–Kier alpha value is -2.14. The number of nitrogens with one attached hydrogen (secondary N) is 1. The molecular formula is C23H28N2O2S. The van der Waals surface area contributed by atoms with Crippen molar-refractivity contribution in [3.8, 4) is 0 Å². The van der Waals surface area contributed by atoms with E-state index in [1.54, 1.807) is 11.3 Å².